The van der Waals surface area contributed by atoms with E-state index in [1.165, 1.54) is 0 Å². The molecule has 6 nitrogen and oxygen atoms in total. The van der Waals surface area contributed by atoms with E-state index in [0.717, 1.165) is 11.8 Å². The van der Waals surface area contributed by atoms with Gasteiger partial charge in [0.05, 0.1) is 0 Å². The van der Waals surface area contributed by atoms with Crippen molar-refractivity contribution in [3.05, 3.63) is 24.3 Å². The lowest BCUT2D eigenvalue weighted by atomic mass is 10.1. The van der Waals surface area contributed by atoms with E-state index in [1.807, 2.05) is 0 Å². The molecule has 0 bridgehead atoms. The Morgan fingerprint density at radius 2 is 1.96 bits per heavy atom. The first kappa shape index (κ1) is 18.9. The van der Waals surface area contributed by atoms with Crippen LogP contribution < -0.4 is 16.2 Å². The van der Waals surface area contributed by atoms with Crippen LogP contribution in [0.1, 0.15) is 26.2 Å². The van der Waals surface area contributed by atoms with Gasteiger partial charge in [-0.1, -0.05) is 17.7 Å². The fourth-order valence-corrected chi connectivity index (χ4v) is 2.73. The Kier molecular flexibility index (Phi) is 7.45. The summed E-state index contributed by atoms with van der Waals surface area (Å²) in [4.78, 5) is 21.2. The lowest BCUT2D eigenvalue weighted by Gasteiger charge is -2.23. The van der Waals surface area contributed by atoms with E-state index in [2.05, 4.69) is 11.8 Å². The summed E-state index contributed by atoms with van der Waals surface area (Å²) in [5.41, 5.74) is 10.3. The Bertz CT molecular complexity index is 607. The van der Waals surface area contributed by atoms with Crippen LogP contribution >= 0.6 is 11.8 Å². The molecule has 0 fully saturated rings. The number of hydrogen-bond acceptors (Lipinski definition) is 5. The third-order valence-corrected chi connectivity index (χ3v) is 4.17. The monoisotopic (exact) mass is 336 g/mol. The number of carbonyl (C=O) groups is 2. The molecule has 1 unspecified atom stereocenters. The highest BCUT2D eigenvalue weighted by molar-refractivity contribution is 8.01. The summed E-state index contributed by atoms with van der Waals surface area (Å²) in [6, 6.07) is 6.84. The first-order valence-corrected chi connectivity index (χ1v) is 7.81. The standard InChI is InChI=1S/C16H20N2O4S/c1-2-3-11-22-12-6-8-13(9-7-12)23-16(21,15(18)20)10-4-5-14(17)19/h6-9,21H,4-5,10-11H2,1H3,(H2,17,19)(H2,18,20). The summed E-state index contributed by atoms with van der Waals surface area (Å²) >= 11 is 0.933. The third kappa shape index (κ3) is 6.63. The lowest BCUT2D eigenvalue weighted by Crippen LogP contribution is -2.40. The van der Waals surface area contributed by atoms with Gasteiger partial charge in [-0.2, -0.15) is 0 Å². The smallest absolute Gasteiger partial charge is 0.260 e. The van der Waals surface area contributed by atoms with Gasteiger partial charge in [0, 0.05) is 11.3 Å². The van der Waals surface area contributed by atoms with Crippen molar-refractivity contribution in [1.82, 2.24) is 0 Å². The first-order chi connectivity index (χ1) is 10.9. The molecule has 0 aliphatic rings. The molecule has 5 N–H and O–H groups in total. The van der Waals surface area contributed by atoms with E-state index < -0.39 is 16.7 Å². The minimum Gasteiger partial charge on any atom is -0.481 e. The summed E-state index contributed by atoms with van der Waals surface area (Å²) in [7, 11) is 0. The van der Waals surface area contributed by atoms with E-state index in [4.69, 9.17) is 16.2 Å². The molecule has 0 aliphatic carbocycles. The molecular weight excluding hydrogens is 316 g/mol. The molecule has 2 amide bonds. The van der Waals surface area contributed by atoms with Gasteiger partial charge >= 0.3 is 0 Å². The van der Waals surface area contributed by atoms with E-state index >= 15 is 0 Å². The van der Waals surface area contributed by atoms with Crippen molar-refractivity contribution in [3.8, 4) is 17.6 Å². The van der Waals surface area contributed by atoms with Gasteiger partial charge in [0.2, 0.25) is 5.91 Å². The van der Waals surface area contributed by atoms with E-state index in [1.54, 1.807) is 31.2 Å². The van der Waals surface area contributed by atoms with E-state index in [9.17, 15) is 14.7 Å². The number of nitrogens with two attached hydrogens (primary N) is 2. The Morgan fingerprint density at radius 3 is 2.48 bits per heavy atom. The zero-order valence-electron chi connectivity index (χ0n) is 12.9. The molecule has 1 atom stereocenters. The summed E-state index contributed by atoms with van der Waals surface area (Å²) in [6.45, 7) is 2.02. The lowest BCUT2D eigenvalue weighted by molar-refractivity contribution is -0.129. The van der Waals surface area contributed by atoms with Crippen molar-refractivity contribution in [3.63, 3.8) is 0 Å². The number of carbonyl (C=O) groups excluding carboxylic acids is 2. The van der Waals surface area contributed by atoms with Crippen molar-refractivity contribution in [2.45, 2.75) is 36.0 Å². The highest BCUT2D eigenvalue weighted by Gasteiger charge is 2.34. The van der Waals surface area contributed by atoms with Crippen LogP contribution in [-0.4, -0.2) is 28.5 Å². The number of aliphatic hydroxyl groups is 1. The van der Waals surface area contributed by atoms with Crippen LogP contribution in [-0.2, 0) is 9.59 Å². The first-order valence-electron chi connectivity index (χ1n) is 6.99. The van der Waals surface area contributed by atoms with Crippen LogP contribution in [0, 0.1) is 11.8 Å². The zero-order chi connectivity index (χ0) is 17.3. The van der Waals surface area contributed by atoms with Gasteiger partial charge in [0.1, 0.15) is 12.4 Å². The number of ether oxygens (including phenoxy) is 1. The number of thioether (sulfide) groups is 1. The third-order valence-electron chi connectivity index (χ3n) is 2.92. The number of benzene rings is 1. The molecule has 0 saturated heterocycles. The molecule has 0 spiro atoms. The molecule has 1 rings (SSSR count). The molecular formula is C16H20N2O4S. The molecule has 7 heteroatoms. The second-order valence-corrected chi connectivity index (χ2v) is 6.11. The van der Waals surface area contributed by atoms with Crippen molar-refractivity contribution in [2.24, 2.45) is 11.5 Å². The average molecular weight is 336 g/mol. The molecule has 0 radical (unpaired) electrons. The number of amides is 2. The quantitative estimate of drug-likeness (QED) is 0.353. The fourth-order valence-electron chi connectivity index (χ4n) is 1.72. The maximum atomic E-state index is 11.5. The molecule has 0 heterocycles. The maximum Gasteiger partial charge on any atom is 0.260 e. The van der Waals surface area contributed by atoms with Gasteiger partial charge in [-0.15, -0.1) is 5.92 Å². The van der Waals surface area contributed by atoms with Crippen molar-refractivity contribution in [1.29, 1.82) is 0 Å². The Labute approximate surface area is 139 Å². The minimum absolute atomic E-state index is 0.0419. The topological polar surface area (TPSA) is 116 Å². The van der Waals surface area contributed by atoms with Gasteiger partial charge in [-0.25, -0.2) is 0 Å². The largest absolute Gasteiger partial charge is 0.481 e. The van der Waals surface area contributed by atoms with Gasteiger partial charge in [-0.05, 0) is 44.0 Å². The van der Waals surface area contributed by atoms with Crippen LogP contribution in [0.4, 0.5) is 0 Å². The Morgan fingerprint density at radius 1 is 1.30 bits per heavy atom. The number of rotatable bonds is 9. The predicted molar refractivity (Wildman–Crippen MR) is 88.4 cm³/mol. The SMILES string of the molecule is CC#CCOc1ccc(SC(O)(CCCC(N)=O)C(N)=O)cc1. The van der Waals surface area contributed by atoms with Crippen LogP contribution in [0.25, 0.3) is 0 Å². The second kappa shape index (κ2) is 9.08. The Hall–Kier alpha value is -2.17. The van der Waals surface area contributed by atoms with E-state index in [-0.39, 0.29) is 19.3 Å². The molecule has 0 aromatic heterocycles. The molecule has 23 heavy (non-hydrogen) atoms. The van der Waals surface area contributed by atoms with Crippen LogP contribution in [0.3, 0.4) is 0 Å². The molecule has 124 valence electrons. The molecule has 1 aromatic carbocycles. The summed E-state index contributed by atoms with van der Waals surface area (Å²) in [6.07, 6.45) is 0.403. The van der Waals surface area contributed by atoms with E-state index in [0.29, 0.717) is 17.3 Å². The summed E-state index contributed by atoms with van der Waals surface area (Å²) in [5, 5.41) is 10.4. The minimum atomic E-state index is -1.79. The molecule has 1 aromatic rings. The second-order valence-electron chi connectivity index (χ2n) is 4.76. The summed E-state index contributed by atoms with van der Waals surface area (Å²) in [5.74, 6) is 4.79. The van der Waals surface area contributed by atoms with Crippen molar-refractivity contribution >= 4 is 23.6 Å². The molecule has 0 saturated carbocycles. The summed E-state index contributed by atoms with van der Waals surface area (Å²) < 4.78 is 5.38. The molecule has 0 aliphatic heterocycles. The van der Waals surface area contributed by atoms with Gasteiger partial charge in [-0.3, -0.25) is 9.59 Å². The number of hydrogen-bond donors (Lipinski definition) is 3. The predicted octanol–water partition coefficient (Wildman–Crippen LogP) is 1.01. The van der Waals surface area contributed by atoms with Crippen LogP contribution in [0.15, 0.2) is 29.2 Å². The van der Waals surface area contributed by atoms with Crippen molar-refractivity contribution in [2.75, 3.05) is 6.61 Å². The normalized spacial score (nSPS) is 12.6. The van der Waals surface area contributed by atoms with Crippen LogP contribution in [0.2, 0.25) is 0 Å². The highest BCUT2D eigenvalue weighted by atomic mass is 32.2. The van der Waals surface area contributed by atoms with Crippen molar-refractivity contribution < 1.29 is 19.4 Å². The maximum absolute atomic E-state index is 11.5. The van der Waals surface area contributed by atoms with Gasteiger partial charge in [0.25, 0.3) is 5.91 Å². The number of primary amides is 2. The van der Waals surface area contributed by atoms with Crippen LogP contribution in [0.5, 0.6) is 5.75 Å². The average Bonchev–Trinajstić information content (AvgIpc) is 2.49. The van der Waals surface area contributed by atoms with Gasteiger partial charge < -0.3 is 21.3 Å². The fraction of sp³-hybridized carbons (Fsp3) is 0.375. The van der Waals surface area contributed by atoms with Gasteiger partial charge in [0.15, 0.2) is 4.93 Å². The zero-order valence-corrected chi connectivity index (χ0v) is 13.7. The Balaban J connectivity index is 2.69. The highest BCUT2D eigenvalue weighted by Crippen LogP contribution is 2.35.